The normalized spacial score (nSPS) is 22.4. The minimum Gasteiger partial charge on any atom is -0.382 e. The van der Waals surface area contributed by atoms with Crippen LogP contribution in [-0.4, -0.2) is 28.9 Å². The number of benzene rings is 1. The summed E-state index contributed by atoms with van der Waals surface area (Å²) in [6.07, 6.45) is 3.28. The molecule has 20 heavy (non-hydrogen) atoms. The van der Waals surface area contributed by atoms with E-state index in [1.165, 1.54) is 0 Å². The van der Waals surface area contributed by atoms with E-state index < -0.39 is 0 Å². The van der Waals surface area contributed by atoms with Crippen molar-refractivity contribution in [1.82, 2.24) is 4.90 Å². The van der Waals surface area contributed by atoms with Crippen LogP contribution in [0.3, 0.4) is 0 Å². The van der Waals surface area contributed by atoms with Gasteiger partial charge in [-0.1, -0.05) is 19.1 Å². The van der Waals surface area contributed by atoms with Gasteiger partial charge in [0.05, 0.1) is 5.56 Å². The molecule has 3 heteroatoms. The molecule has 0 aromatic heterocycles. The van der Waals surface area contributed by atoms with E-state index in [0.717, 1.165) is 30.5 Å². The topological polar surface area (TPSA) is 32.3 Å². The molecular weight excluding hydrogens is 248 g/mol. The van der Waals surface area contributed by atoms with Crippen molar-refractivity contribution in [2.45, 2.75) is 65.1 Å². The monoisotopic (exact) mass is 274 g/mol. The molecule has 1 aromatic rings. The Balaban J connectivity index is 2.28. The number of nitrogens with one attached hydrogen (secondary N) is 1. The molecule has 1 aromatic carbocycles. The molecule has 0 saturated carbocycles. The zero-order valence-corrected chi connectivity index (χ0v) is 13.0. The summed E-state index contributed by atoms with van der Waals surface area (Å²) < 4.78 is 0. The van der Waals surface area contributed by atoms with Gasteiger partial charge in [-0.15, -0.1) is 0 Å². The molecule has 1 aliphatic rings. The predicted molar refractivity (Wildman–Crippen MR) is 84.1 cm³/mol. The third-order valence-corrected chi connectivity index (χ3v) is 4.09. The number of carbonyl (C=O) groups excluding carboxylic acids is 1. The van der Waals surface area contributed by atoms with Crippen LogP contribution in [0.15, 0.2) is 24.3 Å². The quantitative estimate of drug-likeness (QED) is 0.903. The Hall–Kier alpha value is -1.51. The Bertz CT molecular complexity index is 470. The third-order valence-electron chi connectivity index (χ3n) is 4.09. The van der Waals surface area contributed by atoms with Crippen molar-refractivity contribution in [3.8, 4) is 0 Å². The molecule has 0 radical (unpaired) electrons. The van der Waals surface area contributed by atoms with E-state index >= 15 is 0 Å². The Morgan fingerprint density at radius 2 is 2.05 bits per heavy atom. The number of hydrogen-bond donors (Lipinski definition) is 1. The van der Waals surface area contributed by atoms with Gasteiger partial charge in [-0.3, -0.25) is 4.79 Å². The molecule has 2 atom stereocenters. The Labute approximate surface area is 122 Å². The van der Waals surface area contributed by atoms with Gasteiger partial charge >= 0.3 is 0 Å². The fourth-order valence-corrected chi connectivity index (χ4v) is 3.08. The first-order valence-corrected chi connectivity index (χ1v) is 7.72. The van der Waals surface area contributed by atoms with Crippen LogP contribution in [0.4, 0.5) is 5.69 Å². The Morgan fingerprint density at radius 1 is 1.35 bits per heavy atom. The Morgan fingerprint density at radius 3 is 2.70 bits per heavy atom. The molecular formula is C17H26N2O. The van der Waals surface area contributed by atoms with E-state index in [4.69, 9.17) is 0 Å². The van der Waals surface area contributed by atoms with Gasteiger partial charge in [0, 0.05) is 23.8 Å². The molecule has 1 N–H and O–H groups in total. The Kier molecular flexibility index (Phi) is 4.69. The van der Waals surface area contributed by atoms with Crippen LogP contribution in [-0.2, 0) is 0 Å². The summed E-state index contributed by atoms with van der Waals surface area (Å²) in [5.41, 5.74) is 1.75. The highest BCUT2D eigenvalue weighted by Gasteiger charge is 2.34. The highest BCUT2D eigenvalue weighted by atomic mass is 16.2. The maximum atomic E-state index is 12.9. The number of rotatable bonds is 4. The van der Waals surface area contributed by atoms with Crippen LogP contribution >= 0.6 is 0 Å². The first-order valence-electron chi connectivity index (χ1n) is 7.72. The zero-order valence-electron chi connectivity index (χ0n) is 13.0. The van der Waals surface area contributed by atoms with Gasteiger partial charge in [0.1, 0.15) is 0 Å². The standard InChI is InChI=1S/C17H26N2O/c1-5-14-11-10-13(4)19(14)17(20)15-8-6-7-9-16(15)18-12(2)3/h6-9,12-14,18H,5,10-11H2,1-4H3. The van der Waals surface area contributed by atoms with Crippen molar-refractivity contribution in [2.75, 3.05) is 5.32 Å². The molecule has 110 valence electrons. The molecule has 0 bridgehead atoms. The van der Waals surface area contributed by atoms with Gasteiger partial charge in [-0.25, -0.2) is 0 Å². The number of carbonyl (C=O) groups is 1. The SMILES string of the molecule is CCC1CCC(C)N1C(=O)c1ccccc1NC(C)C. The summed E-state index contributed by atoms with van der Waals surface area (Å²) in [7, 11) is 0. The molecule has 1 heterocycles. The average molecular weight is 274 g/mol. The fourth-order valence-electron chi connectivity index (χ4n) is 3.08. The molecule has 2 unspecified atom stereocenters. The number of anilines is 1. The smallest absolute Gasteiger partial charge is 0.256 e. The summed E-state index contributed by atoms with van der Waals surface area (Å²) in [5.74, 6) is 0.172. The van der Waals surface area contributed by atoms with Crippen LogP contribution in [0.1, 0.15) is 57.3 Å². The number of amides is 1. The molecule has 1 saturated heterocycles. The second kappa shape index (κ2) is 6.29. The van der Waals surface area contributed by atoms with Crippen molar-refractivity contribution in [3.05, 3.63) is 29.8 Å². The van der Waals surface area contributed by atoms with Crippen LogP contribution in [0.2, 0.25) is 0 Å². The number of nitrogens with zero attached hydrogens (tertiary/aromatic N) is 1. The van der Waals surface area contributed by atoms with Gasteiger partial charge in [0.15, 0.2) is 0 Å². The van der Waals surface area contributed by atoms with Crippen molar-refractivity contribution < 1.29 is 4.79 Å². The van der Waals surface area contributed by atoms with Crippen LogP contribution in [0.5, 0.6) is 0 Å². The molecule has 1 fully saturated rings. The molecule has 1 amide bonds. The summed E-state index contributed by atoms with van der Waals surface area (Å²) in [6, 6.07) is 8.91. The predicted octanol–water partition coefficient (Wildman–Crippen LogP) is 3.91. The van der Waals surface area contributed by atoms with Crippen molar-refractivity contribution in [3.63, 3.8) is 0 Å². The van der Waals surface area contributed by atoms with E-state index in [0.29, 0.717) is 18.1 Å². The van der Waals surface area contributed by atoms with E-state index in [1.54, 1.807) is 0 Å². The lowest BCUT2D eigenvalue weighted by molar-refractivity contribution is 0.0677. The summed E-state index contributed by atoms with van der Waals surface area (Å²) in [4.78, 5) is 15.0. The first kappa shape index (κ1) is 14.9. The number of para-hydroxylation sites is 1. The van der Waals surface area contributed by atoms with Crippen LogP contribution in [0, 0.1) is 0 Å². The van der Waals surface area contributed by atoms with Gasteiger partial charge in [0.25, 0.3) is 5.91 Å². The van der Waals surface area contributed by atoms with Crippen LogP contribution in [0.25, 0.3) is 0 Å². The van der Waals surface area contributed by atoms with E-state index in [2.05, 4.69) is 37.9 Å². The maximum absolute atomic E-state index is 12.9. The summed E-state index contributed by atoms with van der Waals surface area (Å²) >= 11 is 0. The number of likely N-dealkylation sites (tertiary alicyclic amines) is 1. The fraction of sp³-hybridized carbons (Fsp3) is 0.588. The van der Waals surface area contributed by atoms with Crippen molar-refractivity contribution in [1.29, 1.82) is 0 Å². The van der Waals surface area contributed by atoms with Crippen LogP contribution < -0.4 is 5.32 Å². The van der Waals surface area contributed by atoms with E-state index in [9.17, 15) is 4.79 Å². The highest BCUT2D eigenvalue weighted by molar-refractivity contribution is 6.00. The maximum Gasteiger partial charge on any atom is 0.256 e. The lowest BCUT2D eigenvalue weighted by Crippen LogP contribution is -2.40. The average Bonchev–Trinajstić information content (AvgIpc) is 2.79. The van der Waals surface area contributed by atoms with E-state index in [-0.39, 0.29) is 5.91 Å². The lowest BCUT2D eigenvalue weighted by atomic mass is 10.1. The van der Waals surface area contributed by atoms with Gasteiger partial charge in [-0.2, -0.15) is 0 Å². The molecule has 0 spiro atoms. The van der Waals surface area contributed by atoms with E-state index in [1.807, 2.05) is 24.3 Å². The van der Waals surface area contributed by atoms with Gasteiger partial charge in [0.2, 0.25) is 0 Å². The number of hydrogen-bond acceptors (Lipinski definition) is 2. The second-order valence-electron chi connectivity index (χ2n) is 6.05. The van der Waals surface area contributed by atoms with Crippen molar-refractivity contribution >= 4 is 11.6 Å². The summed E-state index contributed by atoms with van der Waals surface area (Å²) in [5, 5.41) is 3.38. The highest BCUT2D eigenvalue weighted by Crippen LogP contribution is 2.29. The molecule has 3 nitrogen and oxygen atoms in total. The molecule has 1 aliphatic heterocycles. The summed E-state index contributed by atoms with van der Waals surface area (Å²) in [6.45, 7) is 8.51. The largest absolute Gasteiger partial charge is 0.382 e. The molecule has 2 rings (SSSR count). The first-order chi connectivity index (χ1) is 9.54. The lowest BCUT2D eigenvalue weighted by Gasteiger charge is -2.29. The molecule has 0 aliphatic carbocycles. The zero-order chi connectivity index (χ0) is 14.7. The van der Waals surface area contributed by atoms with Gasteiger partial charge in [-0.05, 0) is 52.2 Å². The minimum atomic E-state index is 0.172. The third kappa shape index (κ3) is 2.97. The second-order valence-corrected chi connectivity index (χ2v) is 6.05. The van der Waals surface area contributed by atoms with Crippen molar-refractivity contribution in [2.24, 2.45) is 0 Å². The minimum absolute atomic E-state index is 0.172. The van der Waals surface area contributed by atoms with Gasteiger partial charge < -0.3 is 10.2 Å².